The molecule has 2 aromatic rings. The van der Waals surface area contributed by atoms with E-state index in [0.717, 1.165) is 50.8 Å². The minimum Gasteiger partial charge on any atom is -0.368 e. The molecule has 3 heterocycles. The van der Waals surface area contributed by atoms with Crippen molar-refractivity contribution in [1.82, 2.24) is 15.2 Å². The van der Waals surface area contributed by atoms with E-state index >= 15 is 0 Å². The monoisotopic (exact) mass is 356 g/mol. The van der Waals surface area contributed by atoms with Gasteiger partial charge in [-0.1, -0.05) is 6.92 Å². The lowest BCUT2D eigenvalue weighted by atomic mass is 10.0. The van der Waals surface area contributed by atoms with Gasteiger partial charge in [-0.25, -0.2) is 4.39 Å². The van der Waals surface area contributed by atoms with Crippen LogP contribution in [0.5, 0.6) is 0 Å². The Balaban J connectivity index is 1.41. The standard InChI is InChI=1S/C19H25FN6/c1-15-3-2-8-26(14-15)18-13-21-23-19(22-18)25-11-9-24(10-12-25)17-6-4-16(20)5-7-17/h4-7,13,15H,2-3,8-12,14H2,1H3. The number of hydrogen-bond acceptors (Lipinski definition) is 6. The average molecular weight is 356 g/mol. The predicted octanol–water partition coefficient (Wildman–Crippen LogP) is 2.57. The fourth-order valence-corrected chi connectivity index (χ4v) is 3.79. The van der Waals surface area contributed by atoms with E-state index in [0.29, 0.717) is 11.9 Å². The Morgan fingerprint density at radius 3 is 2.42 bits per heavy atom. The molecule has 2 aliphatic heterocycles. The molecular weight excluding hydrogens is 331 g/mol. The second kappa shape index (κ2) is 7.43. The maximum atomic E-state index is 13.1. The van der Waals surface area contributed by atoms with E-state index in [1.165, 1.54) is 25.0 Å². The number of piperazine rings is 1. The van der Waals surface area contributed by atoms with Crippen LogP contribution in [0.3, 0.4) is 0 Å². The molecule has 1 unspecified atom stereocenters. The van der Waals surface area contributed by atoms with E-state index in [4.69, 9.17) is 4.98 Å². The molecule has 2 aliphatic rings. The highest BCUT2D eigenvalue weighted by atomic mass is 19.1. The maximum absolute atomic E-state index is 13.1. The first-order chi connectivity index (χ1) is 12.7. The zero-order chi connectivity index (χ0) is 17.9. The average Bonchev–Trinajstić information content (AvgIpc) is 2.69. The van der Waals surface area contributed by atoms with E-state index in [1.54, 1.807) is 6.20 Å². The van der Waals surface area contributed by atoms with Gasteiger partial charge in [-0.3, -0.25) is 0 Å². The second-order valence-corrected chi connectivity index (χ2v) is 7.26. The molecular formula is C19H25FN6. The number of anilines is 3. The first-order valence-electron chi connectivity index (χ1n) is 9.39. The summed E-state index contributed by atoms with van der Waals surface area (Å²) in [6, 6.07) is 6.69. The first-order valence-corrected chi connectivity index (χ1v) is 9.39. The van der Waals surface area contributed by atoms with Crippen molar-refractivity contribution in [1.29, 1.82) is 0 Å². The van der Waals surface area contributed by atoms with Gasteiger partial charge in [0, 0.05) is 45.0 Å². The van der Waals surface area contributed by atoms with Crippen molar-refractivity contribution in [2.24, 2.45) is 5.92 Å². The Kier molecular flexibility index (Phi) is 4.86. The Bertz CT molecular complexity index is 729. The minimum atomic E-state index is -0.198. The molecule has 0 aliphatic carbocycles. The number of hydrogen-bond donors (Lipinski definition) is 0. The molecule has 0 N–H and O–H groups in total. The number of benzene rings is 1. The van der Waals surface area contributed by atoms with Crippen molar-refractivity contribution < 1.29 is 4.39 Å². The molecule has 1 aromatic heterocycles. The molecule has 26 heavy (non-hydrogen) atoms. The van der Waals surface area contributed by atoms with Crippen molar-refractivity contribution >= 4 is 17.5 Å². The molecule has 2 saturated heterocycles. The van der Waals surface area contributed by atoms with Crippen molar-refractivity contribution in [2.45, 2.75) is 19.8 Å². The summed E-state index contributed by atoms with van der Waals surface area (Å²) < 4.78 is 13.1. The number of halogens is 1. The van der Waals surface area contributed by atoms with Gasteiger partial charge in [0.05, 0.1) is 6.20 Å². The van der Waals surface area contributed by atoms with Gasteiger partial charge in [-0.05, 0) is 43.0 Å². The molecule has 1 aromatic carbocycles. The van der Waals surface area contributed by atoms with E-state index in [9.17, 15) is 4.39 Å². The van der Waals surface area contributed by atoms with Crippen LogP contribution in [-0.4, -0.2) is 54.4 Å². The quantitative estimate of drug-likeness (QED) is 0.842. The van der Waals surface area contributed by atoms with Crippen LogP contribution < -0.4 is 14.7 Å². The summed E-state index contributed by atoms with van der Waals surface area (Å²) in [4.78, 5) is 11.5. The molecule has 4 rings (SSSR count). The Morgan fingerprint density at radius 1 is 0.962 bits per heavy atom. The van der Waals surface area contributed by atoms with Crippen LogP contribution >= 0.6 is 0 Å². The van der Waals surface area contributed by atoms with Gasteiger partial charge in [0.15, 0.2) is 5.82 Å². The maximum Gasteiger partial charge on any atom is 0.247 e. The molecule has 0 bridgehead atoms. The zero-order valence-corrected chi connectivity index (χ0v) is 15.2. The molecule has 0 saturated carbocycles. The number of piperidine rings is 1. The predicted molar refractivity (Wildman–Crippen MR) is 101 cm³/mol. The van der Waals surface area contributed by atoms with Gasteiger partial charge in [-0.15, -0.1) is 5.10 Å². The smallest absolute Gasteiger partial charge is 0.247 e. The lowest BCUT2D eigenvalue weighted by molar-refractivity contribution is 0.444. The Hall–Kier alpha value is -2.44. The third-order valence-corrected chi connectivity index (χ3v) is 5.27. The highest BCUT2D eigenvalue weighted by Crippen LogP contribution is 2.23. The summed E-state index contributed by atoms with van der Waals surface area (Å²) in [5, 5.41) is 8.45. The molecule has 0 radical (unpaired) electrons. The third kappa shape index (κ3) is 3.71. The highest BCUT2D eigenvalue weighted by molar-refractivity contribution is 5.49. The van der Waals surface area contributed by atoms with Gasteiger partial charge < -0.3 is 14.7 Å². The lowest BCUT2D eigenvalue weighted by Gasteiger charge is -2.36. The van der Waals surface area contributed by atoms with E-state index in [-0.39, 0.29) is 5.82 Å². The molecule has 2 fully saturated rings. The van der Waals surface area contributed by atoms with Crippen LogP contribution in [0.15, 0.2) is 30.5 Å². The normalized spacial score (nSPS) is 21.2. The van der Waals surface area contributed by atoms with Crippen molar-refractivity contribution in [2.75, 3.05) is 54.0 Å². The topological polar surface area (TPSA) is 48.4 Å². The fourth-order valence-electron chi connectivity index (χ4n) is 3.79. The summed E-state index contributed by atoms with van der Waals surface area (Å²) >= 11 is 0. The first kappa shape index (κ1) is 17.0. The molecule has 0 amide bonds. The fraction of sp³-hybridized carbons (Fsp3) is 0.526. The van der Waals surface area contributed by atoms with Gasteiger partial charge in [0.2, 0.25) is 5.95 Å². The largest absolute Gasteiger partial charge is 0.368 e. The van der Waals surface area contributed by atoms with Gasteiger partial charge in [-0.2, -0.15) is 10.1 Å². The summed E-state index contributed by atoms with van der Waals surface area (Å²) in [6.45, 7) is 7.76. The van der Waals surface area contributed by atoms with Crippen LogP contribution in [0.4, 0.5) is 21.8 Å². The lowest BCUT2D eigenvalue weighted by Crippen LogP contribution is -2.47. The van der Waals surface area contributed by atoms with Gasteiger partial charge in [0.1, 0.15) is 5.82 Å². The van der Waals surface area contributed by atoms with Crippen LogP contribution in [0.2, 0.25) is 0 Å². The van der Waals surface area contributed by atoms with Crippen LogP contribution in [0.25, 0.3) is 0 Å². The van der Waals surface area contributed by atoms with Crippen molar-refractivity contribution in [3.05, 3.63) is 36.3 Å². The molecule has 138 valence electrons. The second-order valence-electron chi connectivity index (χ2n) is 7.26. The summed E-state index contributed by atoms with van der Waals surface area (Å²) in [7, 11) is 0. The number of nitrogens with zero attached hydrogens (tertiary/aromatic N) is 6. The highest BCUT2D eigenvalue weighted by Gasteiger charge is 2.22. The molecule has 6 nitrogen and oxygen atoms in total. The third-order valence-electron chi connectivity index (χ3n) is 5.27. The molecule has 1 atom stereocenters. The summed E-state index contributed by atoms with van der Waals surface area (Å²) in [5.41, 5.74) is 1.06. The minimum absolute atomic E-state index is 0.198. The number of aromatic nitrogens is 3. The van der Waals surface area contributed by atoms with Crippen molar-refractivity contribution in [3.63, 3.8) is 0 Å². The Labute approximate surface area is 153 Å². The summed E-state index contributed by atoms with van der Waals surface area (Å²) in [6.07, 6.45) is 4.26. The van der Waals surface area contributed by atoms with E-state index in [1.807, 2.05) is 12.1 Å². The van der Waals surface area contributed by atoms with Crippen LogP contribution in [-0.2, 0) is 0 Å². The van der Waals surface area contributed by atoms with E-state index < -0.39 is 0 Å². The van der Waals surface area contributed by atoms with Crippen molar-refractivity contribution in [3.8, 4) is 0 Å². The zero-order valence-electron chi connectivity index (χ0n) is 15.2. The summed E-state index contributed by atoms with van der Waals surface area (Å²) in [5.74, 6) is 2.14. The number of rotatable bonds is 3. The van der Waals surface area contributed by atoms with Crippen LogP contribution in [0, 0.1) is 11.7 Å². The Morgan fingerprint density at radius 2 is 1.69 bits per heavy atom. The SMILES string of the molecule is CC1CCCN(c2cnnc(N3CCN(c4ccc(F)cc4)CC3)n2)C1. The molecule has 0 spiro atoms. The van der Waals surface area contributed by atoms with Gasteiger partial charge >= 0.3 is 0 Å². The molecule has 7 heteroatoms. The van der Waals surface area contributed by atoms with Gasteiger partial charge in [0.25, 0.3) is 0 Å². The van der Waals surface area contributed by atoms with Crippen LogP contribution in [0.1, 0.15) is 19.8 Å². The van der Waals surface area contributed by atoms with E-state index in [2.05, 4.69) is 31.8 Å².